The highest BCUT2D eigenvalue weighted by atomic mass is 32.1. The Morgan fingerprint density at radius 1 is 0.341 bits per heavy atom. The van der Waals surface area contributed by atoms with Gasteiger partial charge >= 0.3 is 0 Å². The van der Waals surface area contributed by atoms with Gasteiger partial charge in [0, 0.05) is 26.8 Å². The zero-order valence-electron chi connectivity index (χ0n) is 24.1. The lowest BCUT2D eigenvalue weighted by molar-refractivity contribution is 1.30. The zero-order chi connectivity index (χ0) is 29.3. The number of anilines is 3. The molecule has 0 radical (unpaired) electrons. The summed E-state index contributed by atoms with van der Waals surface area (Å²) in [6.07, 6.45) is 0. The second kappa shape index (κ2) is 11.3. The number of hydrogen-bond acceptors (Lipinski definition) is 2. The van der Waals surface area contributed by atoms with Crippen LogP contribution < -0.4 is 4.90 Å². The van der Waals surface area contributed by atoms with Crippen LogP contribution in [0.1, 0.15) is 0 Å². The molecular weight excluding hydrogens is 551 g/mol. The summed E-state index contributed by atoms with van der Waals surface area (Å²) in [5, 5.41) is 2.58. The monoisotopic (exact) mass is 579 g/mol. The van der Waals surface area contributed by atoms with E-state index in [1.54, 1.807) is 0 Å². The molecular formula is C42H29NS. The standard InChI is InChI=1S/C42H29NS/c1-4-12-30(13-5-1)33-20-24-36(25-21-33)43(37-26-22-34(23-27-37)31-14-6-2-7-15-31)40-29-35(32-16-8-3-9-17-32)28-39-38-18-10-11-19-41(38)44-42(39)40/h1-29H. The first kappa shape index (κ1) is 26.2. The van der Waals surface area contributed by atoms with E-state index >= 15 is 0 Å². The van der Waals surface area contributed by atoms with Crippen molar-refractivity contribution in [3.05, 3.63) is 176 Å². The van der Waals surface area contributed by atoms with Gasteiger partial charge in [0.15, 0.2) is 0 Å². The number of nitrogens with zero attached hydrogens (tertiary/aromatic N) is 1. The third-order valence-corrected chi connectivity index (χ3v) is 9.48. The fourth-order valence-electron chi connectivity index (χ4n) is 6.07. The SMILES string of the molecule is c1ccc(-c2ccc(N(c3ccc(-c4ccccc4)cc3)c3cc(-c4ccccc4)cc4c3sc3ccccc34)cc2)cc1. The third-order valence-electron chi connectivity index (χ3n) is 8.27. The molecule has 0 atom stereocenters. The number of rotatable bonds is 6. The minimum atomic E-state index is 1.13. The highest BCUT2D eigenvalue weighted by molar-refractivity contribution is 7.26. The van der Waals surface area contributed by atoms with E-state index in [1.165, 1.54) is 59.2 Å². The minimum Gasteiger partial charge on any atom is -0.309 e. The van der Waals surface area contributed by atoms with Crippen LogP contribution in [-0.2, 0) is 0 Å². The lowest BCUT2D eigenvalue weighted by Crippen LogP contribution is -2.10. The van der Waals surface area contributed by atoms with E-state index in [0.29, 0.717) is 0 Å². The van der Waals surface area contributed by atoms with Crippen molar-refractivity contribution in [1.29, 1.82) is 0 Å². The quantitative estimate of drug-likeness (QED) is 0.189. The molecule has 0 amide bonds. The van der Waals surface area contributed by atoms with E-state index in [-0.39, 0.29) is 0 Å². The second-order valence-electron chi connectivity index (χ2n) is 11.0. The maximum Gasteiger partial charge on any atom is 0.0646 e. The van der Waals surface area contributed by atoms with Crippen LogP contribution in [0.25, 0.3) is 53.6 Å². The molecule has 0 saturated carbocycles. The highest BCUT2D eigenvalue weighted by Gasteiger charge is 2.20. The number of thiophene rings is 1. The van der Waals surface area contributed by atoms with E-state index in [4.69, 9.17) is 0 Å². The molecule has 0 bridgehead atoms. The number of fused-ring (bicyclic) bond motifs is 3. The number of hydrogen-bond donors (Lipinski definition) is 0. The van der Waals surface area contributed by atoms with Crippen molar-refractivity contribution in [2.45, 2.75) is 0 Å². The molecule has 1 nitrogen and oxygen atoms in total. The lowest BCUT2D eigenvalue weighted by atomic mass is 10.00. The fourth-order valence-corrected chi connectivity index (χ4v) is 7.25. The first-order valence-electron chi connectivity index (χ1n) is 14.9. The van der Waals surface area contributed by atoms with Crippen molar-refractivity contribution in [2.75, 3.05) is 4.90 Å². The van der Waals surface area contributed by atoms with E-state index < -0.39 is 0 Å². The van der Waals surface area contributed by atoms with Crippen molar-refractivity contribution >= 4 is 48.6 Å². The van der Waals surface area contributed by atoms with Crippen LogP contribution in [0.3, 0.4) is 0 Å². The first-order valence-corrected chi connectivity index (χ1v) is 15.8. The summed E-state index contributed by atoms with van der Waals surface area (Å²) in [5.41, 5.74) is 10.7. The van der Waals surface area contributed by atoms with Crippen LogP contribution in [0, 0.1) is 0 Å². The van der Waals surface area contributed by atoms with Gasteiger partial charge in [-0.05, 0) is 75.8 Å². The molecule has 0 saturated heterocycles. The van der Waals surface area contributed by atoms with Gasteiger partial charge in [-0.25, -0.2) is 0 Å². The largest absolute Gasteiger partial charge is 0.309 e. The molecule has 0 aliphatic heterocycles. The van der Waals surface area contributed by atoms with Crippen molar-refractivity contribution < 1.29 is 0 Å². The predicted octanol–water partition coefficient (Wildman–Crippen LogP) is 12.5. The minimum absolute atomic E-state index is 1.13. The van der Waals surface area contributed by atoms with Crippen molar-refractivity contribution in [3.63, 3.8) is 0 Å². The van der Waals surface area contributed by atoms with Crippen LogP contribution in [0.15, 0.2) is 176 Å². The molecule has 8 rings (SSSR count). The maximum atomic E-state index is 2.42. The second-order valence-corrected chi connectivity index (χ2v) is 12.0. The van der Waals surface area contributed by atoms with Crippen molar-refractivity contribution in [1.82, 2.24) is 0 Å². The summed E-state index contributed by atoms with van der Waals surface area (Å²) in [5.74, 6) is 0. The van der Waals surface area contributed by atoms with E-state index in [2.05, 4.69) is 181 Å². The average molecular weight is 580 g/mol. The molecule has 0 unspecified atom stereocenters. The summed E-state index contributed by atoms with van der Waals surface area (Å²) >= 11 is 1.87. The third kappa shape index (κ3) is 4.86. The van der Waals surface area contributed by atoms with Gasteiger partial charge in [-0.15, -0.1) is 11.3 Å². The molecule has 0 aliphatic rings. The smallest absolute Gasteiger partial charge is 0.0646 e. The van der Waals surface area contributed by atoms with Crippen molar-refractivity contribution in [2.24, 2.45) is 0 Å². The summed E-state index contributed by atoms with van der Waals surface area (Å²) in [7, 11) is 0. The van der Waals surface area contributed by atoms with Gasteiger partial charge in [0.25, 0.3) is 0 Å². The predicted molar refractivity (Wildman–Crippen MR) is 190 cm³/mol. The topological polar surface area (TPSA) is 3.24 Å². The van der Waals surface area contributed by atoms with Gasteiger partial charge in [0.2, 0.25) is 0 Å². The first-order chi connectivity index (χ1) is 21.8. The van der Waals surface area contributed by atoms with Crippen LogP contribution in [0.5, 0.6) is 0 Å². The summed E-state index contributed by atoms with van der Waals surface area (Å²) in [4.78, 5) is 2.42. The van der Waals surface area contributed by atoms with E-state index in [0.717, 1.165) is 11.4 Å². The van der Waals surface area contributed by atoms with Gasteiger partial charge in [-0.1, -0.05) is 133 Å². The Hall–Kier alpha value is -5.44. The Kier molecular flexibility index (Phi) is 6.75. The molecule has 8 aromatic rings. The Balaban J connectivity index is 1.35. The van der Waals surface area contributed by atoms with Gasteiger partial charge in [-0.2, -0.15) is 0 Å². The lowest BCUT2D eigenvalue weighted by Gasteiger charge is -2.27. The van der Waals surface area contributed by atoms with Gasteiger partial charge in [0.1, 0.15) is 0 Å². The zero-order valence-corrected chi connectivity index (χ0v) is 24.9. The Bertz CT molecular complexity index is 2100. The number of benzene rings is 7. The Labute approximate surface area is 261 Å². The van der Waals surface area contributed by atoms with Gasteiger partial charge in [0.05, 0.1) is 10.4 Å². The van der Waals surface area contributed by atoms with Crippen LogP contribution >= 0.6 is 11.3 Å². The van der Waals surface area contributed by atoms with E-state index in [9.17, 15) is 0 Å². The molecule has 1 aromatic heterocycles. The van der Waals surface area contributed by atoms with Crippen molar-refractivity contribution in [3.8, 4) is 33.4 Å². The molecule has 1 heterocycles. The maximum absolute atomic E-state index is 2.42. The average Bonchev–Trinajstić information content (AvgIpc) is 3.49. The van der Waals surface area contributed by atoms with Gasteiger partial charge in [-0.3, -0.25) is 0 Å². The summed E-state index contributed by atoms with van der Waals surface area (Å²) < 4.78 is 2.58. The molecule has 2 heteroatoms. The Morgan fingerprint density at radius 2 is 0.773 bits per heavy atom. The molecule has 0 spiro atoms. The molecule has 44 heavy (non-hydrogen) atoms. The summed E-state index contributed by atoms with van der Waals surface area (Å²) in [6, 6.07) is 63.3. The van der Waals surface area contributed by atoms with E-state index in [1.807, 2.05) is 11.3 Å². The van der Waals surface area contributed by atoms with Crippen LogP contribution in [0.2, 0.25) is 0 Å². The molecule has 0 fully saturated rings. The summed E-state index contributed by atoms with van der Waals surface area (Å²) in [6.45, 7) is 0. The normalized spacial score (nSPS) is 11.2. The molecule has 7 aromatic carbocycles. The fraction of sp³-hybridized carbons (Fsp3) is 0. The van der Waals surface area contributed by atoms with Crippen LogP contribution in [0.4, 0.5) is 17.1 Å². The van der Waals surface area contributed by atoms with Crippen LogP contribution in [-0.4, -0.2) is 0 Å². The highest BCUT2D eigenvalue weighted by Crippen LogP contribution is 2.47. The Morgan fingerprint density at radius 3 is 1.30 bits per heavy atom. The molecule has 208 valence electrons. The van der Waals surface area contributed by atoms with Gasteiger partial charge < -0.3 is 4.90 Å². The molecule has 0 aliphatic carbocycles. The molecule has 0 N–H and O–H groups in total.